The van der Waals surface area contributed by atoms with Crippen LogP contribution < -0.4 is 15.3 Å². The maximum atomic E-state index is 13.6. The summed E-state index contributed by atoms with van der Waals surface area (Å²) in [6.07, 6.45) is 1.04. The number of benzene rings is 1. The first-order valence-corrected chi connectivity index (χ1v) is 13.1. The molecule has 0 spiro atoms. The molecular weight excluding hydrogens is 477 g/mol. The number of ether oxygens (including phenoxy) is 3. The number of para-hydroxylation sites is 1. The van der Waals surface area contributed by atoms with E-state index in [1.165, 1.54) is 11.5 Å². The van der Waals surface area contributed by atoms with Gasteiger partial charge in [0.05, 0.1) is 6.61 Å². The van der Waals surface area contributed by atoms with Crippen molar-refractivity contribution >= 4 is 13.7 Å². The van der Waals surface area contributed by atoms with Crippen molar-refractivity contribution in [1.82, 2.24) is 14.6 Å². The SMILES string of the molecule is CCC(CC)OC(=O)[C@H](C)N[P@](=O)(OC[C@H]1OC[C@@H](n2ccc(C)nc2=O)O1)Oc1ccccc1. The van der Waals surface area contributed by atoms with Crippen molar-refractivity contribution in [2.24, 2.45) is 0 Å². The van der Waals surface area contributed by atoms with Gasteiger partial charge in [0.25, 0.3) is 0 Å². The van der Waals surface area contributed by atoms with Gasteiger partial charge in [-0.05, 0) is 44.9 Å². The second-order valence-electron chi connectivity index (χ2n) is 8.04. The van der Waals surface area contributed by atoms with Gasteiger partial charge >= 0.3 is 19.4 Å². The highest BCUT2D eigenvalue weighted by atomic mass is 31.2. The van der Waals surface area contributed by atoms with Crippen LogP contribution in [0.4, 0.5) is 0 Å². The van der Waals surface area contributed by atoms with Gasteiger partial charge in [-0.2, -0.15) is 10.1 Å². The molecule has 192 valence electrons. The van der Waals surface area contributed by atoms with Crippen LogP contribution >= 0.6 is 7.75 Å². The maximum Gasteiger partial charge on any atom is 0.459 e. The molecule has 0 saturated carbocycles. The summed E-state index contributed by atoms with van der Waals surface area (Å²) in [4.78, 5) is 28.5. The Kier molecular flexibility index (Phi) is 9.59. The third-order valence-corrected chi connectivity index (χ3v) is 6.90. The molecule has 0 aliphatic carbocycles. The van der Waals surface area contributed by atoms with Crippen LogP contribution in [0.1, 0.15) is 45.5 Å². The topological polar surface area (TPSA) is 127 Å². The number of carbonyl (C=O) groups excluding carboxylic acids is 1. The molecule has 11 nitrogen and oxygen atoms in total. The second kappa shape index (κ2) is 12.4. The first-order chi connectivity index (χ1) is 16.7. The zero-order valence-electron chi connectivity index (χ0n) is 20.3. The molecule has 1 fully saturated rings. The lowest BCUT2D eigenvalue weighted by Crippen LogP contribution is -2.37. The Morgan fingerprint density at radius 1 is 1.26 bits per heavy atom. The molecule has 0 radical (unpaired) electrons. The Hall–Kier alpha value is -2.56. The van der Waals surface area contributed by atoms with E-state index in [0.717, 1.165) is 0 Å². The monoisotopic (exact) mass is 509 g/mol. The number of esters is 1. The largest absolute Gasteiger partial charge is 0.461 e. The number of nitrogens with zero attached hydrogens (tertiary/aromatic N) is 2. The Balaban J connectivity index is 1.66. The second-order valence-corrected chi connectivity index (χ2v) is 9.73. The molecule has 1 aromatic carbocycles. The van der Waals surface area contributed by atoms with E-state index in [1.54, 1.807) is 49.5 Å². The van der Waals surface area contributed by atoms with E-state index in [-0.39, 0.29) is 25.1 Å². The standard InChI is InChI=1S/C23H32N3O8P/c1-5-18(6-2)32-22(27)17(4)25-35(29,34-19-10-8-7-9-11-19)31-15-21-30-14-20(33-21)26-13-12-16(3)24-23(26)28/h7-13,17-18,20-21H,5-6,14-15H2,1-4H3,(H,25,29)/t17-,20-,21-,35-/m0/s1. The molecule has 0 bridgehead atoms. The fourth-order valence-electron chi connectivity index (χ4n) is 3.27. The highest BCUT2D eigenvalue weighted by Crippen LogP contribution is 2.45. The Bertz CT molecular complexity index is 1080. The number of aryl methyl sites for hydroxylation is 1. The van der Waals surface area contributed by atoms with Crippen LogP contribution in [0.2, 0.25) is 0 Å². The van der Waals surface area contributed by atoms with E-state index in [9.17, 15) is 14.2 Å². The number of aromatic nitrogens is 2. The molecule has 2 heterocycles. The molecule has 1 aliphatic rings. The Morgan fingerprint density at radius 2 is 1.97 bits per heavy atom. The lowest BCUT2D eigenvalue weighted by atomic mass is 10.2. The normalized spacial score (nSPS) is 20.4. The lowest BCUT2D eigenvalue weighted by Gasteiger charge is -2.24. The van der Waals surface area contributed by atoms with E-state index in [0.29, 0.717) is 18.5 Å². The molecule has 0 unspecified atom stereocenters. The summed E-state index contributed by atoms with van der Waals surface area (Å²) < 4.78 is 42.8. The predicted molar refractivity (Wildman–Crippen MR) is 127 cm³/mol. The lowest BCUT2D eigenvalue weighted by molar-refractivity contribution is -0.151. The Labute approximate surface area is 204 Å². The predicted octanol–water partition coefficient (Wildman–Crippen LogP) is 3.34. The molecule has 35 heavy (non-hydrogen) atoms. The smallest absolute Gasteiger partial charge is 0.459 e. The molecule has 12 heteroatoms. The Morgan fingerprint density at radius 3 is 2.63 bits per heavy atom. The molecule has 0 amide bonds. The van der Waals surface area contributed by atoms with E-state index >= 15 is 0 Å². The quantitative estimate of drug-likeness (QED) is 0.336. The minimum absolute atomic E-state index is 0.0775. The van der Waals surface area contributed by atoms with E-state index in [2.05, 4.69) is 10.1 Å². The molecule has 2 aromatic rings. The van der Waals surface area contributed by atoms with E-state index < -0.39 is 38.0 Å². The van der Waals surface area contributed by atoms with Crippen molar-refractivity contribution in [3.05, 3.63) is 58.8 Å². The average Bonchev–Trinajstić information content (AvgIpc) is 3.30. The molecule has 1 saturated heterocycles. The van der Waals surface area contributed by atoms with Crippen molar-refractivity contribution in [2.45, 2.75) is 65.2 Å². The number of hydrogen-bond acceptors (Lipinski definition) is 9. The third kappa shape index (κ3) is 7.71. The van der Waals surface area contributed by atoms with E-state index in [4.69, 9.17) is 23.3 Å². The maximum absolute atomic E-state index is 13.6. The van der Waals surface area contributed by atoms with E-state index in [1.807, 2.05) is 13.8 Å². The van der Waals surface area contributed by atoms with Crippen molar-refractivity contribution < 1.29 is 32.6 Å². The average molecular weight is 509 g/mol. The van der Waals surface area contributed by atoms with Gasteiger partial charge in [-0.3, -0.25) is 13.9 Å². The van der Waals surface area contributed by atoms with Gasteiger partial charge in [-0.15, -0.1) is 0 Å². The number of carbonyl (C=O) groups is 1. The first kappa shape index (κ1) is 27.0. The fourth-order valence-corrected chi connectivity index (χ4v) is 4.75. The third-order valence-electron chi connectivity index (χ3n) is 5.26. The summed E-state index contributed by atoms with van der Waals surface area (Å²) in [6, 6.07) is 9.14. The van der Waals surface area contributed by atoms with Gasteiger partial charge < -0.3 is 18.7 Å². The minimum Gasteiger partial charge on any atom is -0.461 e. The van der Waals surface area contributed by atoms with Gasteiger partial charge in [-0.1, -0.05) is 32.0 Å². The van der Waals surface area contributed by atoms with Crippen LogP contribution in [0.25, 0.3) is 0 Å². The number of nitrogens with one attached hydrogen (secondary N) is 1. The zero-order valence-corrected chi connectivity index (χ0v) is 21.2. The van der Waals surface area contributed by atoms with Crippen LogP contribution in [0.5, 0.6) is 5.75 Å². The molecular formula is C23H32N3O8P. The molecule has 4 atom stereocenters. The highest BCUT2D eigenvalue weighted by molar-refractivity contribution is 7.52. The summed E-state index contributed by atoms with van der Waals surface area (Å²) in [5.41, 5.74) is 0.122. The summed E-state index contributed by atoms with van der Waals surface area (Å²) in [6.45, 7) is 6.87. The van der Waals surface area contributed by atoms with Crippen molar-refractivity contribution in [2.75, 3.05) is 13.2 Å². The van der Waals surface area contributed by atoms with Crippen molar-refractivity contribution in [3.8, 4) is 5.75 Å². The highest BCUT2D eigenvalue weighted by Gasteiger charge is 2.36. The van der Waals surface area contributed by atoms with Crippen LogP contribution in [0.3, 0.4) is 0 Å². The zero-order chi connectivity index (χ0) is 25.4. The van der Waals surface area contributed by atoms with Crippen LogP contribution in [0.15, 0.2) is 47.4 Å². The van der Waals surface area contributed by atoms with Gasteiger partial charge in [0, 0.05) is 11.9 Å². The van der Waals surface area contributed by atoms with Gasteiger partial charge in [0.2, 0.25) is 0 Å². The van der Waals surface area contributed by atoms with Crippen molar-refractivity contribution in [1.29, 1.82) is 0 Å². The fraction of sp³-hybridized carbons (Fsp3) is 0.522. The first-order valence-electron chi connectivity index (χ1n) is 11.5. The molecule has 1 aromatic heterocycles. The summed E-state index contributed by atoms with van der Waals surface area (Å²) in [5.74, 6) is -0.286. The molecule has 1 aliphatic heterocycles. The summed E-state index contributed by atoms with van der Waals surface area (Å²) in [5, 5.41) is 2.64. The molecule has 3 rings (SSSR count). The summed E-state index contributed by atoms with van der Waals surface area (Å²) in [7, 11) is -4.06. The number of rotatable bonds is 12. The summed E-state index contributed by atoms with van der Waals surface area (Å²) >= 11 is 0. The van der Waals surface area contributed by atoms with Crippen LogP contribution in [-0.2, 0) is 28.1 Å². The van der Waals surface area contributed by atoms with Gasteiger partial charge in [0.15, 0.2) is 12.5 Å². The van der Waals surface area contributed by atoms with Gasteiger partial charge in [0.1, 0.15) is 24.5 Å². The van der Waals surface area contributed by atoms with Crippen LogP contribution in [0, 0.1) is 6.92 Å². The van der Waals surface area contributed by atoms with Crippen LogP contribution in [-0.4, -0.2) is 47.2 Å². The molecule has 1 N–H and O–H groups in total. The van der Waals surface area contributed by atoms with Gasteiger partial charge in [-0.25, -0.2) is 9.36 Å². The minimum atomic E-state index is -4.06. The van der Waals surface area contributed by atoms with Crippen molar-refractivity contribution in [3.63, 3.8) is 0 Å². The number of hydrogen-bond donors (Lipinski definition) is 1.